The molecule has 18 heteroatoms. The summed E-state index contributed by atoms with van der Waals surface area (Å²) >= 11 is 0. The Bertz CT molecular complexity index is 1520. The summed E-state index contributed by atoms with van der Waals surface area (Å²) in [5.41, 5.74) is 4.27. The summed E-state index contributed by atoms with van der Waals surface area (Å²) in [5.74, 6) is -1.52. The number of carbonyl (C=O) groups is 2. The van der Waals surface area contributed by atoms with Gasteiger partial charge < -0.3 is 44.6 Å². The highest BCUT2D eigenvalue weighted by Gasteiger charge is 2.81. The molecule has 1 saturated heterocycles. The van der Waals surface area contributed by atoms with Crippen molar-refractivity contribution in [3.05, 3.63) is 6.33 Å². The fraction of sp³-hybridized carbons (Fsp3) is 0.767. The molecule has 7 unspecified atom stereocenters. The van der Waals surface area contributed by atoms with Crippen LogP contribution in [0.25, 0.3) is 11.2 Å². The molecule has 0 aromatic carbocycles. The van der Waals surface area contributed by atoms with E-state index in [2.05, 4.69) is 30.4 Å². The highest BCUT2D eigenvalue weighted by Crippen LogP contribution is 2.69. The summed E-state index contributed by atoms with van der Waals surface area (Å²) in [5, 5.41) is 32.5. The van der Waals surface area contributed by atoms with Gasteiger partial charge in [-0.15, -0.1) is 0 Å². The summed E-state index contributed by atoms with van der Waals surface area (Å²) in [6.45, 7) is 11.8. The number of carbonyl (C=O) groups excluding carboxylic acids is 2. The third kappa shape index (κ3) is 6.78. The van der Waals surface area contributed by atoms with E-state index in [1.807, 2.05) is 0 Å². The molecule has 2 aromatic rings. The molecule has 0 radical (unpaired) electrons. The molecule has 17 nitrogen and oxygen atoms in total. The lowest BCUT2D eigenvalue weighted by Crippen LogP contribution is -2.52. The van der Waals surface area contributed by atoms with E-state index in [1.165, 1.54) is 6.33 Å². The van der Waals surface area contributed by atoms with Crippen molar-refractivity contribution < 1.29 is 43.1 Å². The van der Waals surface area contributed by atoms with E-state index in [0.29, 0.717) is 17.0 Å². The minimum atomic E-state index is -4.27. The maximum absolute atomic E-state index is 14.5. The fourth-order valence-corrected chi connectivity index (χ4v) is 8.50. The molecule has 3 heterocycles. The van der Waals surface area contributed by atoms with Gasteiger partial charge in [-0.1, -0.05) is 34.6 Å². The minimum Gasteiger partial charge on any atom is -0.465 e. The van der Waals surface area contributed by atoms with Gasteiger partial charge in [0.2, 0.25) is 5.95 Å². The molecule has 268 valence electrons. The molecule has 5 rings (SSSR count). The van der Waals surface area contributed by atoms with Gasteiger partial charge in [-0.3, -0.25) is 14.2 Å². The van der Waals surface area contributed by atoms with Crippen molar-refractivity contribution in [1.82, 2.24) is 29.7 Å². The number of rotatable bonds is 16. The topological polar surface area (TPSA) is 234 Å². The summed E-state index contributed by atoms with van der Waals surface area (Å²) in [6.07, 6.45) is 0.907. The Morgan fingerprint density at radius 3 is 2.21 bits per heavy atom. The number of imidazole rings is 1. The molecular weight excluding hydrogens is 647 g/mol. The number of nitrogens with two attached hydrogens (primary N) is 1. The Labute approximate surface area is 279 Å². The molecule has 0 spiro atoms. The number of nitrogens with zero attached hydrogens (tertiary/aromatic N) is 4. The van der Waals surface area contributed by atoms with Crippen LogP contribution in [0, 0.1) is 17.3 Å². The molecular formula is C30H49N8O9P. The molecule has 1 aliphatic heterocycles. The zero-order valence-electron chi connectivity index (χ0n) is 28.5. The van der Waals surface area contributed by atoms with Gasteiger partial charge in [0.25, 0.3) is 0 Å². The summed E-state index contributed by atoms with van der Waals surface area (Å²) < 4.78 is 38.5. The molecule has 2 aliphatic carbocycles. The lowest BCUT2D eigenvalue weighted by Gasteiger charge is -2.36. The number of esters is 2. The van der Waals surface area contributed by atoms with Crippen LogP contribution in [-0.2, 0) is 32.9 Å². The predicted octanol–water partition coefficient (Wildman–Crippen LogP) is 1.51. The summed E-state index contributed by atoms with van der Waals surface area (Å²) in [6, 6.07) is -2.56. The van der Waals surface area contributed by atoms with Crippen LogP contribution in [-0.4, -0.2) is 104 Å². The van der Waals surface area contributed by atoms with Crippen LogP contribution in [0.5, 0.6) is 0 Å². The summed E-state index contributed by atoms with van der Waals surface area (Å²) in [4.78, 5) is 38.9. The fourth-order valence-electron chi connectivity index (χ4n) is 6.38. The maximum atomic E-state index is 14.5. The number of hydrogen-bond donors (Lipinski definition) is 6. The zero-order chi connectivity index (χ0) is 35.2. The van der Waals surface area contributed by atoms with Crippen LogP contribution in [0.4, 0.5) is 11.8 Å². The van der Waals surface area contributed by atoms with E-state index in [-0.39, 0.29) is 43.6 Å². The van der Waals surface area contributed by atoms with Crippen molar-refractivity contribution in [1.29, 1.82) is 0 Å². The lowest BCUT2D eigenvalue weighted by atomic mass is 9.94. The Morgan fingerprint density at radius 1 is 1.10 bits per heavy atom. The predicted molar refractivity (Wildman–Crippen MR) is 175 cm³/mol. The van der Waals surface area contributed by atoms with Gasteiger partial charge >= 0.3 is 19.6 Å². The largest absolute Gasteiger partial charge is 0.465 e. The van der Waals surface area contributed by atoms with Crippen molar-refractivity contribution >= 4 is 42.5 Å². The SMILES string of the molecule is CCOC(=O)C(NP(=O)(NC(C(=O)OCC)C(C)C)OCC1OCC2(C)C(n3cnc4c(NC5CC5)nc(N)nc43)C2(O)C1O)C(C)C. The standard InChI is InChI=1S/C30H49N8O9P/c1-8-44-25(40)19(15(3)4)36-48(43,37-20(16(5)6)26(41)45-9-2)47-12-18-22(39)30(42)27(29(30,7)13-46-18)38-14-32-21-23(33-17-10-11-17)34-28(31)35-24(21)38/h14-20,22,27,39,42H,8-13H2,1-7H3,(H2,36,37,43)(H3,31,33,34,35). The van der Waals surface area contributed by atoms with E-state index in [1.54, 1.807) is 53.0 Å². The third-order valence-corrected chi connectivity index (χ3v) is 11.1. The van der Waals surface area contributed by atoms with Gasteiger partial charge in [0.1, 0.15) is 29.9 Å². The Kier molecular flexibility index (Phi) is 10.4. The normalized spacial score (nSPS) is 29.3. The Balaban J connectivity index is 1.38. The monoisotopic (exact) mass is 696 g/mol. The van der Waals surface area contributed by atoms with Crippen molar-refractivity contribution in [2.24, 2.45) is 17.3 Å². The first-order chi connectivity index (χ1) is 22.6. The summed E-state index contributed by atoms with van der Waals surface area (Å²) in [7, 11) is -4.27. The maximum Gasteiger partial charge on any atom is 0.342 e. The highest BCUT2D eigenvalue weighted by atomic mass is 31.2. The van der Waals surface area contributed by atoms with Crippen molar-refractivity contribution in [2.75, 3.05) is 37.5 Å². The third-order valence-electron chi connectivity index (χ3n) is 9.34. The molecule has 7 N–H and O–H groups in total. The first-order valence-electron chi connectivity index (χ1n) is 16.5. The van der Waals surface area contributed by atoms with E-state index < -0.39 is 67.6 Å². The van der Waals surface area contributed by atoms with Crippen molar-refractivity contribution in [3.63, 3.8) is 0 Å². The molecule has 0 bridgehead atoms. The number of aromatic nitrogens is 4. The smallest absolute Gasteiger partial charge is 0.342 e. The van der Waals surface area contributed by atoms with Crippen LogP contribution >= 0.6 is 7.67 Å². The Morgan fingerprint density at radius 2 is 1.69 bits per heavy atom. The second-order valence-corrected chi connectivity index (χ2v) is 15.5. The van der Waals surface area contributed by atoms with Crippen LogP contribution < -0.4 is 21.2 Å². The van der Waals surface area contributed by atoms with E-state index in [4.69, 9.17) is 24.5 Å². The lowest BCUT2D eigenvalue weighted by molar-refractivity contribution is -0.171. The number of fused-ring (bicyclic) bond motifs is 2. The highest BCUT2D eigenvalue weighted by molar-refractivity contribution is 7.54. The molecule has 48 heavy (non-hydrogen) atoms. The van der Waals surface area contributed by atoms with Crippen LogP contribution in [0.3, 0.4) is 0 Å². The number of nitrogens with one attached hydrogen (secondary N) is 3. The molecule has 3 aliphatic rings. The van der Waals surface area contributed by atoms with E-state index in [9.17, 15) is 24.4 Å². The van der Waals surface area contributed by atoms with Gasteiger partial charge in [0.15, 0.2) is 17.0 Å². The van der Waals surface area contributed by atoms with E-state index in [0.717, 1.165) is 12.8 Å². The molecule has 7 atom stereocenters. The van der Waals surface area contributed by atoms with Crippen LogP contribution in [0.15, 0.2) is 6.33 Å². The van der Waals surface area contributed by atoms with E-state index >= 15 is 0 Å². The minimum absolute atomic E-state index is 0.00667. The number of aliphatic hydroxyl groups is 2. The van der Waals surface area contributed by atoms with Gasteiger partial charge in [0.05, 0.1) is 38.8 Å². The Hall–Kier alpha value is -2.92. The van der Waals surface area contributed by atoms with Gasteiger partial charge in [-0.2, -0.15) is 9.97 Å². The average molecular weight is 697 g/mol. The second kappa shape index (κ2) is 13.8. The molecule has 2 aromatic heterocycles. The van der Waals surface area contributed by atoms with Gasteiger partial charge in [-0.05, 0) is 38.5 Å². The molecule has 3 fully saturated rings. The van der Waals surface area contributed by atoms with Gasteiger partial charge in [0, 0.05) is 11.5 Å². The number of nitrogen functional groups attached to an aromatic ring is 1. The number of ether oxygens (including phenoxy) is 3. The zero-order valence-corrected chi connectivity index (χ0v) is 29.4. The van der Waals surface area contributed by atoms with Crippen molar-refractivity contribution in [2.45, 2.75) is 103 Å². The average Bonchev–Trinajstić information content (AvgIpc) is 3.87. The molecule has 2 saturated carbocycles. The first-order valence-corrected chi connectivity index (χ1v) is 18.1. The number of hydrogen-bond acceptors (Lipinski definition) is 14. The quantitative estimate of drug-likeness (QED) is 0.108. The second-order valence-electron chi connectivity index (χ2n) is 13.7. The van der Waals surface area contributed by atoms with Crippen molar-refractivity contribution in [3.8, 4) is 0 Å². The molecule has 0 amide bonds. The van der Waals surface area contributed by atoms with Crippen LogP contribution in [0.1, 0.15) is 67.3 Å². The van der Waals surface area contributed by atoms with Gasteiger partial charge in [-0.25, -0.2) is 15.2 Å². The first kappa shape index (κ1) is 36.4. The number of aliphatic hydroxyl groups excluding tert-OH is 1. The van der Waals surface area contributed by atoms with Crippen LogP contribution in [0.2, 0.25) is 0 Å². The number of anilines is 2.